The minimum absolute atomic E-state index is 0.00898. The van der Waals surface area contributed by atoms with Crippen molar-refractivity contribution in [3.63, 3.8) is 0 Å². The molecule has 0 radical (unpaired) electrons. The second-order valence-electron chi connectivity index (χ2n) is 3.56. The maximum Gasteiger partial charge on any atom is 0.269 e. The summed E-state index contributed by atoms with van der Waals surface area (Å²) in [7, 11) is 0. The van der Waals surface area contributed by atoms with Gasteiger partial charge in [-0.05, 0) is 5.56 Å². The number of aromatic hydroxyl groups is 2. The number of rotatable bonds is 3. The fourth-order valence-corrected chi connectivity index (χ4v) is 1.51. The van der Waals surface area contributed by atoms with Crippen molar-refractivity contribution in [3.05, 3.63) is 52.1 Å². The Morgan fingerprint density at radius 3 is 2.06 bits per heavy atom. The van der Waals surface area contributed by atoms with Gasteiger partial charge >= 0.3 is 0 Å². The van der Waals surface area contributed by atoms with E-state index < -0.39 is 4.92 Å². The number of nitro groups is 1. The van der Waals surface area contributed by atoms with E-state index in [0.29, 0.717) is 0 Å². The SMILES string of the molecule is O=[N+]([O-])c1ccc(Cn2c(O)ccc2O)cc1. The highest BCUT2D eigenvalue weighted by atomic mass is 16.6. The monoisotopic (exact) mass is 234 g/mol. The van der Waals surface area contributed by atoms with Gasteiger partial charge in [-0.15, -0.1) is 0 Å². The lowest BCUT2D eigenvalue weighted by molar-refractivity contribution is -0.384. The van der Waals surface area contributed by atoms with E-state index in [1.807, 2.05) is 0 Å². The number of non-ortho nitro benzene ring substituents is 1. The molecule has 6 nitrogen and oxygen atoms in total. The van der Waals surface area contributed by atoms with Crippen LogP contribution >= 0.6 is 0 Å². The van der Waals surface area contributed by atoms with Crippen molar-refractivity contribution in [2.24, 2.45) is 0 Å². The zero-order chi connectivity index (χ0) is 12.4. The fourth-order valence-electron chi connectivity index (χ4n) is 1.51. The predicted octanol–water partition coefficient (Wildman–Crippen LogP) is 1.86. The van der Waals surface area contributed by atoms with Crippen LogP contribution in [0, 0.1) is 10.1 Å². The minimum Gasteiger partial charge on any atom is -0.494 e. The van der Waals surface area contributed by atoms with Crippen LogP contribution < -0.4 is 0 Å². The van der Waals surface area contributed by atoms with E-state index in [4.69, 9.17) is 0 Å². The second-order valence-corrected chi connectivity index (χ2v) is 3.56. The Bertz CT molecular complexity index is 526. The first kappa shape index (κ1) is 11.0. The first-order chi connectivity index (χ1) is 8.08. The maximum atomic E-state index is 10.5. The molecule has 1 aromatic heterocycles. The van der Waals surface area contributed by atoms with Crippen molar-refractivity contribution in [2.75, 3.05) is 0 Å². The Kier molecular flexibility index (Phi) is 2.70. The number of hydrogen-bond donors (Lipinski definition) is 2. The molecule has 6 heteroatoms. The second kappa shape index (κ2) is 4.17. The van der Waals surface area contributed by atoms with E-state index in [2.05, 4.69) is 0 Å². The lowest BCUT2D eigenvalue weighted by Gasteiger charge is -2.06. The van der Waals surface area contributed by atoms with Crippen LogP contribution in [-0.2, 0) is 6.54 Å². The third-order valence-corrected chi connectivity index (χ3v) is 2.42. The van der Waals surface area contributed by atoms with Crippen LogP contribution in [0.2, 0.25) is 0 Å². The number of nitro benzene ring substituents is 1. The first-order valence-electron chi connectivity index (χ1n) is 4.89. The quantitative estimate of drug-likeness (QED) is 0.626. The molecule has 0 atom stereocenters. The number of nitrogens with zero attached hydrogens (tertiary/aromatic N) is 2. The average molecular weight is 234 g/mol. The number of benzene rings is 1. The van der Waals surface area contributed by atoms with E-state index in [9.17, 15) is 20.3 Å². The Hall–Kier alpha value is -2.50. The van der Waals surface area contributed by atoms with Crippen LogP contribution in [0.15, 0.2) is 36.4 Å². The summed E-state index contributed by atoms with van der Waals surface area (Å²) >= 11 is 0. The Morgan fingerprint density at radius 1 is 1.06 bits per heavy atom. The molecule has 0 unspecified atom stereocenters. The summed E-state index contributed by atoms with van der Waals surface area (Å²) in [6, 6.07) is 8.68. The molecule has 0 aliphatic heterocycles. The van der Waals surface area contributed by atoms with Gasteiger partial charge in [0.1, 0.15) is 0 Å². The standard InChI is InChI=1S/C11H10N2O4/c14-10-5-6-11(15)12(10)7-8-1-3-9(4-2-8)13(16)17/h1-6,14-15H,7H2. The first-order valence-corrected chi connectivity index (χ1v) is 4.89. The van der Waals surface area contributed by atoms with Crippen LogP contribution in [0.25, 0.3) is 0 Å². The molecule has 88 valence electrons. The van der Waals surface area contributed by atoms with Crippen molar-refractivity contribution in [1.82, 2.24) is 4.57 Å². The van der Waals surface area contributed by atoms with Gasteiger partial charge in [-0.3, -0.25) is 14.7 Å². The topological polar surface area (TPSA) is 88.5 Å². The summed E-state index contributed by atoms with van der Waals surface area (Å²) in [5.41, 5.74) is 0.757. The molecule has 0 spiro atoms. The molecule has 1 heterocycles. The van der Waals surface area contributed by atoms with Crippen molar-refractivity contribution >= 4 is 5.69 Å². The summed E-state index contributed by atoms with van der Waals surface area (Å²) < 4.78 is 1.29. The van der Waals surface area contributed by atoms with E-state index in [1.165, 1.54) is 28.8 Å². The maximum absolute atomic E-state index is 10.5. The van der Waals surface area contributed by atoms with Crippen molar-refractivity contribution in [3.8, 4) is 11.8 Å². The Morgan fingerprint density at radius 2 is 1.59 bits per heavy atom. The molecule has 0 saturated heterocycles. The summed E-state index contributed by atoms with van der Waals surface area (Å²) in [4.78, 5) is 9.98. The van der Waals surface area contributed by atoms with E-state index in [-0.39, 0.29) is 24.0 Å². The van der Waals surface area contributed by atoms with Crippen molar-refractivity contribution in [1.29, 1.82) is 0 Å². The molecule has 0 saturated carbocycles. The van der Waals surface area contributed by atoms with E-state index in [0.717, 1.165) is 5.56 Å². The normalized spacial score (nSPS) is 10.4. The molecular weight excluding hydrogens is 224 g/mol. The van der Waals surface area contributed by atoms with Crippen LogP contribution in [-0.4, -0.2) is 19.7 Å². The molecule has 0 amide bonds. The third kappa shape index (κ3) is 2.20. The molecule has 0 aliphatic rings. The summed E-state index contributed by atoms with van der Waals surface area (Å²) in [5.74, 6) is -0.110. The molecule has 1 aromatic carbocycles. The van der Waals surface area contributed by atoms with Gasteiger partial charge < -0.3 is 10.2 Å². The number of aromatic nitrogens is 1. The van der Waals surface area contributed by atoms with Crippen LogP contribution in [0.4, 0.5) is 5.69 Å². The zero-order valence-electron chi connectivity index (χ0n) is 8.78. The van der Waals surface area contributed by atoms with Crippen LogP contribution in [0.5, 0.6) is 11.8 Å². The molecule has 2 aromatic rings. The van der Waals surface area contributed by atoms with Gasteiger partial charge in [-0.2, -0.15) is 0 Å². The lowest BCUT2D eigenvalue weighted by atomic mass is 10.2. The highest BCUT2D eigenvalue weighted by Crippen LogP contribution is 2.23. The number of hydrogen-bond acceptors (Lipinski definition) is 4. The van der Waals surface area contributed by atoms with Gasteiger partial charge in [-0.25, -0.2) is 0 Å². The summed E-state index contributed by atoms with van der Waals surface area (Å²) in [6.45, 7) is 0.253. The van der Waals surface area contributed by atoms with Crippen molar-refractivity contribution < 1.29 is 15.1 Å². The molecule has 0 bridgehead atoms. The summed E-state index contributed by atoms with van der Waals surface area (Å²) in [5, 5.41) is 29.3. The highest BCUT2D eigenvalue weighted by Gasteiger charge is 2.08. The van der Waals surface area contributed by atoms with Gasteiger partial charge in [0.2, 0.25) is 0 Å². The predicted molar refractivity (Wildman–Crippen MR) is 60.0 cm³/mol. The molecule has 0 aliphatic carbocycles. The fraction of sp³-hybridized carbons (Fsp3) is 0.0909. The minimum atomic E-state index is -0.478. The van der Waals surface area contributed by atoms with Crippen LogP contribution in [0.3, 0.4) is 0 Å². The van der Waals surface area contributed by atoms with E-state index in [1.54, 1.807) is 12.1 Å². The highest BCUT2D eigenvalue weighted by molar-refractivity contribution is 5.34. The molecule has 0 fully saturated rings. The van der Waals surface area contributed by atoms with E-state index >= 15 is 0 Å². The van der Waals surface area contributed by atoms with Gasteiger partial charge in [-0.1, -0.05) is 12.1 Å². The Labute approximate surface area is 96.5 Å². The average Bonchev–Trinajstić information content (AvgIpc) is 2.61. The lowest BCUT2D eigenvalue weighted by Crippen LogP contribution is -1.98. The van der Waals surface area contributed by atoms with Crippen molar-refractivity contribution in [2.45, 2.75) is 6.54 Å². The Balaban J connectivity index is 2.22. The third-order valence-electron chi connectivity index (χ3n) is 2.42. The molecular formula is C11H10N2O4. The molecule has 2 rings (SSSR count). The van der Waals surface area contributed by atoms with Crippen LogP contribution in [0.1, 0.15) is 5.56 Å². The molecule has 2 N–H and O–H groups in total. The van der Waals surface area contributed by atoms with Gasteiger partial charge in [0.15, 0.2) is 11.8 Å². The van der Waals surface area contributed by atoms with Gasteiger partial charge in [0.05, 0.1) is 11.5 Å². The summed E-state index contributed by atoms with van der Waals surface area (Å²) in [6.07, 6.45) is 0. The van der Waals surface area contributed by atoms with Gasteiger partial charge in [0.25, 0.3) is 5.69 Å². The zero-order valence-corrected chi connectivity index (χ0v) is 8.78. The molecule has 17 heavy (non-hydrogen) atoms. The largest absolute Gasteiger partial charge is 0.494 e. The smallest absolute Gasteiger partial charge is 0.269 e. The van der Waals surface area contributed by atoms with Gasteiger partial charge in [0, 0.05) is 24.3 Å².